The van der Waals surface area contributed by atoms with Crippen molar-refractivity contribution in [3.05, 3.63) is 83.7 Å². The lowest BCUT2D eigenvalue weighted by molar-refractivity contribution is -0.129. The number of hydrogen-bond acceptors (Lipinski definition) is 6. The summed E-state index contributed by atoms with van der Waals surface area (Å²) in [5, 5.41) is 16.1. The van der Waals surface area contributed by atoms with Crippen LogP contribution in [0.1, 0.15) is 73.5 Å². The highest BCUT2D eigenvalue weighted by Crippen LogP contribution is 2.27. The van der Waals surface area contributed by atoms with Crippen LogP contribution in [0.15, 0.2) is 66.9 Å². The van der Waals surface area contributed by atoms with Gasteiger partial charge in [0.1, 0.15) is 17.8 Å². The summed E-state index contributed by atoms with van der Waals surface area (Å²) in [5.41, 5.74) is 3.09. The smallest absolute Gasteiger partial charge is 0.270 e. The van der Waals surface area contributed by atoms with Crippen molar-refractivity contribution in [2.24, 2.45) is 13.0 Å². The minimum absolute atomic E-state index is 0.0142. The first-order valence-electron chi connectivity index (χ1n) is 16.8. The summed E-state index contributed by atoms with van der Waals surface area (Å²) in [6.45, 7) is 4.26. The molecule has 4 amide bonds. The SMILES string of the molecule is CCC(=O)N[C@H](Cc1ccc(NC(=O)[C@@H](NC(=O)c2ccnn2C)C2CCCCC2)cc1)C(=O)N[C@H]1CCN(Cc2ccccc2)C1. The second-order valence-corrected chi connectivity index (χ2v) is 12.8. The van der Waals surface area contributed by atoms with Gasteiger partial charge in [-0.15, -0.1) is 0 Å². The maximum Gasteiger partial charge on any atom is 0.270 e. The summed E-state index contributed by atoms with van der Waals surface area (Å²) in [6.07, 6.45) is 7.95. The number of carbonyl (C=O) groups excluding carboxylic acids is 4. The van der Waals surface area contributed by atoms with E-state index < -0.39 is 12.1 Å². The molecule has 250 valence electrons. The Morgan fingerprint density at radius 3 is 2.30 bits per heavy atom. The number of amides is 4. The van der Waals surface area contributed by atoms with Crippen LogP contribution in [-0.2, 0) is 34.4 Å². The molecule has 11 nitrogen and oxygen atoms in total. The molecule has 0 radical (unpaired) electrons. The van der Waals surface area contributed by atoms with Gasteiger partial charge in [0, 0.05) is 57.4 Å². The molecular weight excluding hydrogens is 594 g/mol. The van der Waals surface area contributed by atoms with Crippen LogP contribution < -0.4 is 21.3 Å². The van der Waals surface area contributed by atoms with Crippen molar-refractivity contribution in [2.45, 2.75) is 83.0 Å². The van der Waals surface area contributed by atoms with Gasteiger partial charge in [0.05, 0.1) is 0 Å². The van der Waals surface area contributed by atoms with E-state index in [4.69, 9.17) is 0 Å². The van der Waals surface area contributed by atoms with Gasteiger partial charge in [-0.1, -0.05) is 68.7 Å². The summed E-state index contributed by atoms with van der Waals surface area (Å²) in [5.74, 6) is -0.924. The molecule has 3 atom stereocenters. The predicted octanol–water partition coefficient (Wildman–Crippen LogP) is 3.57. The van der Waals surface area contributed by atoms with Gasteiger partial charge < -0.3 is 21.3 Å². The molecule has 1 aliphatic heterocycles. The fourth-order valence-electron chi connectivity index (χ4n) is 6.60. The Labute approximate surface area is 276 Å². The molecule has 0 spiro atoms. The fraction of sp³-hybridized carbons (Fsp3) is 0.472. The van der Waals surface area contributed by atoms with Crippen molar-refractivity contribution in [1.29, 1.82) is 0 Å². The maximum atomic E-state index is 13.5. The average molecular weight is 642 g/mol. The van der Waals surface area contributed by atoms with E-state index in [1.807, 2.05) is 30.3 Å². The quantitative estimate of drug-likeness (QED) is 0.225. The van der Waals surface area contributed by atoms with E-state index in [0.29, 0.717) is 17.8 Å². The Bertz CT molecular complexity index is 1500. The molecule has 0 unspecified atom stereocenters. The van der Waals surface area contributed by atoms with Gasteiger partial charge in [-0.05, 0) is 54.5 Å². The van der Waals surface area contributed by atoms with Gasteiger partial charge in [-0.3, -0.25) is 28.8 Å². The molecule has 2 aliphatic rings. The van der Waals surface area contributed by atoms with Crippen molar-refractivity contribution in [3.8, 4) is 0 Å². The molecule has 1 saturated carbocycles. The van der Waals surface area contributed by atoms with E-state index in [2.05, 4.69) is 43.4 Å². The number of anilines is 1. The first-order chi connectivity index (χ1) is 22.8. The van der Waals surface area contributed by atoms with Gasteiger partial charge in [-0.2, -0.15) is 5.10 Å². The zero-order valence-electron chi connectivity index (χ0n) is 27.4. The number of carbonyl (C=O) groups is 4. The fourth-order valence-corrected chi connectivity index (χ4v) is 6.60. The van der Waals surface area contributed by atoms with Crippen LogP contribution in [0.4, 0.5) is 5.69 Å². The molecule has 2 fully saturated rings. The molecule has 1 saturated heterocycles. The van der Waals surface area contributed by atoms with Crippen LogP contribution in [0.25, 0.3) is 0 Å². The Hall–Kier alpha value is -4.51. The summed E-state index contributed by atoms with van der Waals surface area (Å²) in [4.78, 5) is 54.7. The van der Waals surface area contributed by atoms with E-state index in [1.54, 1.807) is 38.4 Å². The Morgan fingerprint density at radius 2 is 1.62 bits per heavy atom. The number of benzene rings is 2. The van der Waals surface area contributed by atoms with Crippen LogP contribution in [0.3, 0.4) is 0 Å². The van der Waals surface area contributed by atoms with Crippen LogP contribution in [0.2, 0.25) is 0 Å². The summed E-state index contributed by atoms with van der Waals surface area (Å²) >= 11 is 0. The van der Waals surface area contributed by atoms with Gasteiger partial charge >= 0.3 is 0 Å². The zero-order valence-corrected chi connectivity index (χ0v) is 27.4. The molecule has 3 aromatic rings. The standard InChI is InChI=1S/C36H47N7O4/c1-3-32(44)40-30(34(45)39-29-19-21-43(24-29)23-26-10-6-4-7-11-26)22-25-14-16-28(17-15-25)38-36(47)33(27-12-8-5-9-13-27)41-35(46)31-18-20-37-42(31)2/h4,6-7,10-11,14-18,20,27,29-30,33H,3,5,8-9,12-13,19,21-24H2,1-2H3,(H,38,47)(H,39,45)(H,40,44)(H,41,46)/t29-,30+,33-/m0/s1. The van der Waals surface area contributed by atoms with Crippen molar-refractivity contribution in [1.82, 2.24) is 30.6 Å². The molecule has 2 heterocycles. The highest BCUT2D eigenvalue weighted by Gasteiger charge is 2.32. The van der Waals surface area contributed by atoms with Gasteiger partial charge in [0.2, 0.25) is 17.7 Å². The highest BCUT2D eigenvalue weighted by atomic mass is 16.2. The topological polar surface area (TPSA) is 137 Å². The van der Waals surface area contributed by atoms with Gasteiger partial charge in [0.15, 0.2) is 0 Å². The largest absolute Gasteiger partial charge is 0.350 e. The Morgan fingerprint density at radius 1 is 0.872 bits per heavy atom. The maximum absolute atomic E-state index is 13.5. The molecule has 0 bridgehead atoms. The molecule has 11 heteroatoms. The lowest BCUT2D eigenvalue weighted by atomic mass is 9.83. The lowest BCUT2D eigenvalue weighted by Gasteiger charge is -2.30. The number of nitrogens with zero attached hydrogens (tertiary/aromatic N) is 3. The third-order valence-electron chi connectivity index (χ3n) is 9.25. The number of nitrogens with one attached hydrogen (secondary N) is 4. The van der Waals surface area contributed by atoms with Crippen molar-refractivity contribution < 1.29 is 19.2 Å². The summed E-state index contributed by atoms with van der Waals surface area (Å²) < 4.78 is 1.49. The van der Waals surface area contributed by atoms with Crippen LogP contribution in [-0.4, -0.2) is 69.5 Å². The minimum atomic E-state index is -0.719. The van der Waals surface area contributed by atoms with E-state index in [-0.39, 0.29) is 42.0 Å². The Balaban J connectivity index is 1.19. The summed E-state index contributed by atoms with van der Waals surface area (Å²) in [7, 11) is 1.70. The Kier molecular flexibility index (Phi) is 11.8. The molecule has 2 aromatic carbocycles. The van der Waals surface area contributed by atoms with E-state index in [0.717, 1.165) is 63.7 Å². The molecule has 4 N–H and O–H groups in total. The van der Waals surface area contributed by atoms with E-state index in [1.165, 1.54) is 10.2 Å². The first kappa shape index (κ1) is 33.8. The van der Waals surface area contributed by atoms with Crippen molar-refractivity contribution in [2.75, 3.05) is 18.4 Å². The molecule has 47 heavy (non-hydrogen) atoms. The summed E-state index contributed by atoms with van der Waals surface area (Å²) in [6, 6.07) is 17.8. The van der Waals surface area contributed by atoms with Gasteiger partial charge in [-0.25, -0.2) is 0 Å². The second-order valence-electron chi connectivity index (χ2n) is 12.8. The highest BCUT2D eigenvalue weighted by molar-refractivity contribution is 6.00. The molecule has 1 aromatic heterocycles. The number of hydrogen-bond donors (Lipinski definition) is 4. The third kappa shape index (κ3) is 9.51. The molecule has 5 rings (SSSR count). The molecular formula is C36H47N7O4. The van der Waals surface area contributed by atoms with Crippen molar-refractivity contribution in [3.63, 3.8) is 0 Å². The molecule has 1 aliphatic carbocycles. The number of aryl methyl sites for hydroxylation is 1. The zero-order chi connectivity index (χ0) is 33.2. The number of rotatable bonds is 13. The lowest BCUT2D eigenvalue weighted by Crippen LogP contribution is -2.51. The third-order valence-corrected chi connectivity index (χ3v) is 9.25. The normalized spacial score (nSPS) is 18.2. The average Bonchev–Trinajstić information content (AvgIpc) is 3.72. The van der Waals surface area contributed by atoms with Crippen LogP contribution in [0.5, 0.6) is 0 Å². The van der Waals surface area contributed by atoms with Crippen LogP contribution >= 0.6 is 0 Å². The number of aromatic nitrogens is 2. The van der Waals surface area contributed by atoms with Crippen LogP contribution in [0, 0.1) is 5.92 Å². The van der Waals surface area contributed by atoms with Crippen molar-refractivity contribution >= 4 is 29.3 Å². The first-order valence-corrected chi connectivity index (χ1v) is 16.8. The number of likely N-dealkylation sites (tertiary alicyclic amines) is 1. The van der Waals surface area contributed by atoms with Gasteiger partial charge in [0.25, 0.3) is 5.91 Å². The minimum Gasteiger partial charge on any atom is -0.350 e. The predicted molar refractivity (Wildman–Crippen MR) is 180 cm³/mol. The van der Waals surface area contributed by atoms with E-state index in [9.17, 15) is 19.2 Å². The monoisotopic (exact) mass is 641 g/mol. The second kappa shape index (κ2) is 16.4. The van der Waals surface area contributed by atoms with E-state index >= 15 is 0 Å².